The van der Waals surface area contributed by atoms with Crippen LogP contribution in [0.15, 0.2) is 42.5 Å². The van der Waals surface area contributed by atoms with Crippen molar-refractivity contribution in [3.63, 3.8) is 0 Å². The molecule has 7 heteroatoms. The third-order valence-electron chi connectivity index (χ3n) is 6.27. The van der Waals surface area contributed by atoms with Crippen molar-refractivity contribution in [1.29, 1.82) is 0 Å². The van der Waals surface area contributed by atoms with Crippen LogP contribution in [-0.2, 0) is 11.3 Å². The molecule has 1 aliphatic carbocycles. The van der Waals surface area contributed by atoms with Gasteiger partial charge in [0.15, 0.2) is 0 Å². The lowest BCUT2D eigenvalue weighted by molar-refractivity contribution is -0.123. The summed E-state index contributed by atoms with van der Waals surface area (Å²) in [4.78, 5) is 14.8. The quantitative estimate of drug-likeness (QED) is 0.619. The molecule has 1 heterocycles. The zero-order chi connectivity index (χ0) is 21.3. The summed E-state index contributed by atoms with van der Waals surface area (Å²) in [5.74, 6) is -0.657. The van der Waals surface area contributed by atoms with E-state index in [0.717, 1.165) is 44.3 Å². The number of nitrogens with zero attached hydrogens (tertiary/aromatic N) is 1. The summed E-state index contributed by atoms with van der Waals surface area (Å²) < 4.78 is 39.2. The van der Waals surface area contributed by atoms with Crippen LogP contribution in [0.3, 0.4) is 0 Å². The summed E-state index contributed by atoms with van der Waals surface area (Å²) in [6.45, 7) is 2.53. The summed E-state index contributed by atoms with van der Waals surface area (Å²) in [7, 11) is 0. The molecule has 2 aromatic rings. The molecule has 0 unspecified atom stereocenters. The molecule has 1 saturated heterocycles. The van der Waals surface area contributed by atoms with Crippen molar-refractivity contribution in [3.8, 4) is 0 Å². The second kappa shape index (κ2) is 8.60. The van der Waals surface area contributed by atoms with Gasteiger partial charge < -0.3 is 5.32 Å². The lowest BCUT2D eigenvalue weighted by atomic mass is 9.65. The molecule has 1 aliphatic heterocycles. The smallest absolute Gasteiger partial charge is 0.263 e. The maximum Gasteiger partial charge on any atom is 0.263 e. The second-order valence-corrected chi connectivity index (χ2v) is 9.05. The van der Waals surface area contributed by atoms with E-state index in [-0.39, 0.29) is 27.8 Å². The Kier molecular flexibility index (Phi) is 6.07. The molecule has 2 fully saturated rings. The van der Waals surface area contributed by atoms with E-state index >= 15 is 0 Å². The summed E-state index contributed by atoms with van der Waals surface area (Å²) in [6, 6.07) is 10.6. The largest absolute Gasteiger partial charge is 0.326 e. The number of nitrogens with one attached hydrogen (secondary N) is 1. The number of hydrogen-bond acceptors (Lipinski definition) is 2. The first kappa shape index (κ1) is 21.2. The lowest BCUT2D eigenvalue weighted by Crippen LogP contribution is -2.57. The van der Waals surface area contributed by atoms with Crippen LogP contribution in [0, 0.1) is 17.2 Å². The highest BCUT2D eigenvalue weighted by atomic mass is 35.5. The van der Waals surface area contributed by atoms with Gasteiger partial charge in [-0.25, -0.2) is 13.2 Å². The number of carbonyl (C=O) groups is 1. The molecule has 1 N–H and O–H groups in total. The van der Waals surface area contributed by atoms with Gasteiger partial charge in [0.25, 0.3) is 6.43 Å². The van der Waals surface area contributed by atoms with Gasteiger partial charge in [0, 0.05) is 41.8 Å². The summed E-state index contributed by atoms with van der Waals surface area (Å²) in [5, 5.41) is 3.03. The lowest BCUT2D eigenvalue weighted by Gasteiger charge is -2.53. The van der Waals surface area contributed by atoms with Gasteiger partial charge in [-0.1, -0.05) is 29.8 Å². The van der Waals surface area contributed by atoms with Crippen LogP contribution in [0.2, 0.25) is 5.02 Å². The number of amides is 1. The van der Waals surface area contributed by atoms with Crippen molar-refractivity contribution in [2.24, 2.45) is 11.3 Å². The topological polar surface area (TPSA) is 32.3 Å². The molecular weight excluding hydrogens is 413 g/mol. The van der Waals surface area contributed by atoms with E-state index in [2.05, 4.69) is 10.2 Å². The molecule has 2 aliphatic rings. The van der Waals surface area contributed by atoms with Gasteiger partial charge in [0.05, 0.1) is 0 Å². The van der Waals surface area contributed by atoms with Crippen LogP contribution in [0.4, 0.5) is 18.9 Å². The SMILES string of the molecule is O=C(Nc1cc(F)cc(Cl)c1)C1CCC2(CC1)CN(Cc1cccc(C(F)F)c1)C2. The van der Waals surface area contributed by atoms with Crippen LogP contribution >= 0.6 is 11.6 Å². The Hall–Kier alpha value is -2.05. The molecule has 0 bridgehead atoms. The van der Waals surface area contributed by atoms with Crippen LogP contribution < -0.4 is 5.32 Å². The van der Waals surface area contributed by atoms with Crippen molar-refractivity contribution >= 4 is 23.2 Å². The number of hydrogen-bond donors (Lipinski definition) is 1. The Morgan fingerprint density at radius 2 is 1.90 bits per heavy atom. The van der Waals surface area contributed by atoms with Gasteiger partial charge in [-0.05, 0) is 60.9 Å². The zero-order valence-corrected chi connectivity index (χ0v) is 17.3. The molecule has 3 nitrogen and oxygen atoms in total. The highest BCUT2D eigenvalue weighted by Gasteiger charge is 2.45. The van der Waals surface area contributed by atoms with Gasteiger partial charge in [-0.2, -0.15) is 0 Å². The Balaban J connectivity index is 1.26. The van der Waals surface area contributed by atoms with E-state index in [0.29, 0.717) is 12.2 Å². The Morgan fingerprint density at radius 1 is 1.17 bits per heavy atom. The normalized spacial score (nSPS) is 19.1. The molecule has 4 rings (SSSR count). The molecular formula is C23H24ClF3N2O. The fourth-order valence-electron chi connectivity index (χ4n) is 4.78. The number of alkyl halides is 2. The molecule has 0 atom stereocenters. The Labute approximate surface area is 179 Å². The van der Waals surface area contributed by atoms with Crippen molar-refractivity contribution in [2.45, 2.75) is 38.7 Å². The minimum atomic E-state index is -2.45. The van der Waals surface area contributed by atoms with Gasteiger partial charge in [0.2, 0.25) is 5.91 Å². The maximum absolute atomic E-state index is 13.5. The van der Waals surface area contributed by atoms with Gasteiger partial charge >= 0.3 is 0 Å². The molecule has 2 aromatic carbocycles. The third-order valence-corrected chi connectivity index (χ3v) is 6.49. The van der Waals surface area contributed by atoms with Crippen molar-refractivity contribution < 1.29 is 18.0 Å². The molecule has 1 amide bonds. The van der Waals surface area contributed by atoms with Crippen LogP contribution in [0.25, 0.3) is 0 Å². The Morgan fingerprint density at radius 3 is 2.57 bits per heavy atom. The van der Waals surface area contributed by atoms with Gasteiger partial charge in [0.1, 0.15) is 5.82 Å². The number of rotatable bonds is 5. The van der Waals surface area contributed by atoms with Crippen LogP contribution in [-0.4, -0.2) is 23.9 Å². The van der Waals surface area contributed by atoms with Crippen LogP contribution in [0.5, 0.6) is 0 Å². The second-order valence-electron chi connectivity index (χ2n) is 8.61. The first-order valence-electron chi connectivity index (χ1n) is 10.2. The minimum absolute atomic E-state index is 0.0637. The fourth-order valence-corrected chi connectivity index (χ4v) is 5.00. The predicted octanol–water partition coefficient (Wildman–Crippen LogP) is 6.05. The van der Waals surface area contributed by atoms with E-state index in [1.165, 1.54) is 18.2 Å². The standard InChI is InChI=1S/C23H24ClF3N2O/c24-18-9-19(25)11-20(10-18)28-22(30)16-4-6-23(7-5-16)13-29(14-23)12-15-2-1-3-17(8-15)21(26)27/h1-3,8-11,16,21H,4-7,12-14H2,(H,28,30). The van der Waals surface area contributed by atoms with E-state index in [1.54, 1.807) is 18.2 Å². The van der Waals surface area contributed by atoms with E-state index in [9.17, 15) is 18.0 Å². The fraction of sp³-hybridized carbons (Fsp3) is 0.435. The molecule has 30 heavy (non-hydrogen) atoms. The van der Waals surface area contributed by atoms with Gasteiger partial charge in [-0.3, -0.25) is 9.69 Å². The van der Waals surface area contributed by atoms with E-state index < -0.39 is 12.2 Å². The monoisotopic (exact) mass is 436 g/mol. The highest BCUT2D eigenvalue weighted by molar-refractivity contribution is 6.30. The number of carbonyl (C=O) groups excluding carboxylic acids is 1. The molecule has 0 aromatic heterocycles. The first-order chi connectivity index (χ1) is 14.3. The van der Waals surface area contributed by atoms with Gasteiger partial charge in [-0.15, -0.1) is 0 Å². The zero-order valence-electron chi connectivity index (χ0n) is 16.5. The minimum Gasteiger partial charge on any atom is -0.326 e. The first-order valence-corrected chi connectivity index (χ1v) is 10.6. The Bertz CT molecular complexity index is 900. The van der Waals surface area contributed by atoms with Crippen LogP contribution in [0.1, 0.15) is 43.2 Å². The maximum atomic E-state index is 13.5. The summed E-state index contributed by atoms with van der Waals surface area (Å²) >= 11 is 5.85. The summed E-state index contributed by atoms with van der Waals surface area (Å²) in [6.07, 6.45) is 1.07. The van der Waals surface area contributed by atoms with Crippen molar-refractivity contribution in [2.75, 3.05) is 18.4 Å². The van der Waals surface area contributed by atoms with Crippen molar-refractivity contribution in [1.82, 2.24) is 4.90 Å². The van der Waals surface area contributed by atoms with Crippen molar-refractivity contribution in [3.05, 3.63) is 64.4 Å². The number of benzene rings is 2. The molecule has 1 saturated carbocycles. The molecule has 160 valence electrons. The average molecular weight is 437 g/mol. The average Bonchev–Trinajstić information content (AvgIpc) is 2.66. The summed E-state index contributed by atoms with van der Waals surface area (Å²) in [5.41, 5.74) is 1.57. The van der Waals surface area contributed by atoms with E-state index in [1.807, 2.05) is 6.07 Å². The van der Waals surface area contributed by atoms with E-state index in [4.69, 9.17) is 11.6 Å². The number of likely N-dealkylation sites (tertiary alicyclic amines) is 1. The third kappa shape index (κ3) is 4.81. The number of anilines is 1. The number of halogens is 4. The molecule has 1 spiro atoms. The molecule has 0 radical (unpaired) electrons. The predicted molar refractivity (Wildman–Crippen MR) is 111 cm³/mol. The highest BCUT2D eigenvalue weighted by Crippen LogP contribution is 2.46.